The number of alkyl halides is 6. The molecule has 2 aromatic rings. The van der Waals surface area contributed by atoms with Crippen molar-refractivity contribution in [1.82, 2.24) is 9.97 Å². The minimum Gasteiger partial charge on any atom is -0.384 e. The first-order valence-corrected chi connectivity index (χ1v) is 9.14. The molecule has 0 spiro atoms. The van der Waals surface area contributed by atoms with Gasteiger partial charge < -0.3 is 11.1 Å². The smallest absolute Gasteiger partial charge is 0.384 e. The molecule has 0 unspecified atom stereocenters. The van der Waals surface area contributed by atoms with Crippen LogP contribution in [0, 0.1) is 13.8 Å². The van der Waals surface area contributed by atoms with Crippen molar-refractivity contribution < 1.29 is 31.1 Å². The van der Waals surface area contributed by atoms with Gasteiger partial charge >= 0.3 is 12.4 Å². The highest BCUT2D eigenvalue weighted by Crippen LogP contribution is 2.37. The first-order valence-electron chi connectivity index (χ1n) is 7.55. The van der Waals surface area contributed by atoms with Crippen molar-refractivity contribution in [1.29, 1.82) is 0 Å². The van der Waals surface area contributed by atoms with E-state index >= 15 is 0 Å². The summed E-state index contributed by atoms with van der Waals surface area (Å²) in [6, 6.07) is 2.36. The Hall–Kier alpha value is -1.89. The molecule has 0 aromatic carbocycles. The van der Waals surface area contributed by atoms with E-state index in [2.05, 4.69) is 47.1 Å². The molecule has 0 aliphatic rings. The zero-order chi connectivity index (χ0) is 22.7. The number of nitrogens with two attached hydrogens (primary N) is 1. The number of aromatic nitrogens is 2. The van der Waals surface area contributed by atoms with Gasteiger partial charge in [0.05, 0.1) is 11.1 Å². The number of amides is 1. The van der Waals surface area contributed by atoms with Crippen molar-refractivity contribution >= 4 is 49.4 Å². The molecule has 2 rings (SSSR count). The average molecular weight is 584 g/mol. The Morgan fingerprint density at radius 3 is 1.61 bits per heavy atom. The maximum atomic E-state index is 12.5. The van der Waals surface area contributed by atoms with Gasteiger partial charge in [0.25, 0.3) is 0 Å². The Kier molecular flexibility index (Phi) is 11.8. The standard InChI is InChI=1S/C9H8BrF3N2O.C7H6BrF3N2.2CH4/c1-4-3-6(14-5(2)16)15-8(10)7(4)9(11,12)13;1-3-2-4(12)13-6(8)5(3)7(9,10)11;;/h3H,1-2H3,(H,14,15,16);2H,1H3,(H2,12,13);2*1H4. The minimum atomic E-state index is -4.47. The van der Waals surface area contributed by atoms with E-state index in [0.29, 0.717) is 0 Å². The van der Waals surface area contributed by atoms with E-state index in [1.54, 1.807) is 0 Å². The van der Waals surface area contributed by atoms with Crippen molar-refractivity contribution in [3.63, 3.8) is 0 Å². The molecule has 0 saturated carbocycles. The van der Waals surface area contributed by atoms with Crippen molar-refractivity contribution in [2.75, 3.05) is 11.1 Å². The normalized spacial score (nSPS) is 10.8. The number of hydrogen-bond donors (Lipinski definition) is 2. The number of pyridine rings is 2. The Morgan fingerprint density at radius 1 is 0.903 bits per heavy atom. The topological polar surface area (TPSA) is 80.9 Å². The molecule has 176 valence electrons. The first kappa shape index (κ1) is 31.3. The number of carbonyl (C=O) groups excluding carboxylic acids is 1. The third kappa shape index (κ3) is 9.01. The number of hydrogen-bond acceptors (Lipinski definition) is 4. The summed E-state index contributed by atoms with van der Waals surface area (Å²) in [5, 5.41) is 2.32. The minimum absolute atomic E-state index is 0. The molecule has 0 atom stereocenters. The lowest BCUT2D eigenvalue weighted by Crippen LogP contribution is -2.13. The lowest BCUT2D eigenvalue weighted by molar-refractivity contribution is -0.139. The fraction of sp³-hybridized carbons (Fsp3) is 0.389. The highest BCUT2D eigenvalue weighted by molar-refractivity contribution is 9.10. The molecule has 2 heterocycles. The largest absolute Gasteiger partial charge is 0.419 e. The summed E-state index contributed by atoms with van der Waals surface area (Å²) in [6.45, 7) is 3.90. The van der Waals surface area contributed by atoms with E-state index in [4.69, 9.17) is 5.73 Å². The van der Waals surface area contributed by atoms with Gasteiger partial charge in [-0.1, -0.05) is 14.9 Å². The molecule has 0 saturated heterocycles. The second-order valence-corrected chi connectivity index (χ2v) is 7.20. The summed E-state index contributed by atoms with van der Waals surface area (Å²) in [6.07, 6.45) is -8.87. The van der Waals surface area contributed by atoms with E-state index in [9.17, 15) is 31.1 Å². The summed E-state index contributed by atoms with van der Waals surface area (Å²) in [4.78, 5) is 17.8. The van der Waals surface area contributed by atoms with E-state index in [1.165, 1.54) is 32.9 Å². The molecule has 31 heavy (non-hydrogen) atoms. The number of anilines is 2. The van der Waals surface area contributed by atoms with Gasteiger partial charge in [-0.25, -0.2) is 9.97 Å². The number of aryl methyl sites for hydroxylation is 2. The van der Waals surface area contributed by atoms with Crippen LogP contribution in [0.5, 0.6) is 0 Å². The van der Waals surface area contributed by atoms with Crippen LogP contribution in [0.2, 0.25) is 0 Å². The van der Waals surface area contributed by atoms with Gasteiger partial charge in [0.1, 0.15) is 20.8 Å². The Morgan fingerprint density at radius 2 is 1.29 bits per heavy atom. The fourth-order valence-electron chi connectivity index (χ4n) is 2.22. The Balaban J connectivity index is 0. The molecule has 0 bridgehead atoms. The zero-order valence-electron chi connectivity index (χ0n) is 15.1. The van der Waals surface area contributed by atoms with Crippen LogP contribution in [0.25, 0.3) is 0 Å². The SMILES string of the molecule is C.C.CC(=O)Nc1cc(C)c(C(F)(F)F)c(Br)n1.Cc1cc(N)nc(Br)c1C(F)(F)F. The molecule has 3 N–H and O–H groups in total. The first-order chi connectivity index (χ1) is 13.0. The Bertz CT molecular complexity index is 871. The molecular formula is C18H22Br2F6N4O. The van der Waals surface area contributed by atoms with Crippen molar-refractivity contribution in [2.24, 2.45) is 0 Å². The lowest BCUT2D eigenvalue weighted by atomic mass is 10.1. The monoisotopic (exact) mass is 582 g/mol. The van der Waals surface area contributed by atoms with Gasteiger partial charge in [-0.3, -0.25) is 4.79 Å². The quantitative estimate of drug-likeness (QED) is 0.276. The maximum Gasteiger partial charge on any atom is 0.419 e. The number of rotatable bonds is 1. The van der Waals surface area contributed by atoms with Crippen LogP contribution in [0.4, 0.5) is 38.0 Å². The van der Waals surface area contributed by atoms with Crippen LogP contribution in [0.1, 0.15) is 44.0 Å². The van der Waals surface area contributed by atoms with Gasteiger partial charge in [0, 0.05) is 6.92 Å². The molecule has 0 fully saturated rings. The van der Waals surface area contributed by atoms with Gasteiger partial charge in [-0.2, -0.15) is 26.3 Å². The van der Waals surface area contributed by atoms with Gasteiger partial charge in [0.2, 0.25) is 5.91 Å². The van der Waals surface area contributed by atoms with E-state index in [-0.39, 0.29) is 46.8 Å². The predicted molar refractivity (Wildman–Crippen MR) is 116 cm³/mol. The molecule has 1 amide bonds. The second kappa shape index (κ2) is 11.7. The summed E-state index contributed by atoms with van der Waals surface area (Å²) in [5.41, 5.74) is 3.72. The zero-order valence-corrected chi connectivity index (χ0v) is 18.2. The summed E-state index contributed by atoms with van der Waals surface area (Å²) >= 11 is 5.46. The number of halogens is 8. The molecule has 0 radical (unpaired) electrons. The number of nitrogen functional groups attached to an aromatic ring is 1. The van der Waals surface area contributed by atoms with Crippen LogP contribution in [-0.4, -0.2) is 15.9 Å². The van der Waals surface area contributed by atoms with E-state index in [1.807, 2.05) is 0 Å². The van der Waals surface area contributed by atoms with Gasteiger partial charge in [-0.05, 0) is 69.0 Å². The lowest BCUT2D eigenvalue weighted by Gasteiger charge is -2.13. The molecule has 5 nitrogen and oxygen atoms in total. The number of carbonyl (C=O) groups is 1. The van der Waals surface area contributed by atoms with Crippen molar-refractivity contribution in [3.8, 4) is 0 Å². The van der Waals surface area contributed by atoms with Gasteiger partial charge in [0.15, 0.2) is 0 Å². The van der Waals surface area contributed by atoms with Crippen LogP contribution in [0.15, 0.2) is 21.3 Å². The molecule has 13 heteroatoms. The highest BCUT2D eigenvalue weighted by atomic mass is 79.9. The van der Waals surface area contributed by atoms with Crippen molar-refractivity contribution in [2.45, 2.75) is 48.0 Å². The second-order valence-electron chi connectivity index (χ2n) is 5.70. The third-order valence-corrected chi connectivity index (χ3v) is 4.38. The van der Waals surface area contributed by atoms with Crippen LogP contribution >= 0.6 is 31.9 Å². The molecule has 0 aliphatic carbocycles. The molecule has 0 aliphatic heterocycles. The molecule has 2 aromatic heterocycles. The maximum absolute atomic E-state index is 12.5. The molecular weight excluding hydrogens is 562 g/mol. The highest BCUT2D eigenvalue weighted by Gasteiger charge is 2.36. The average Bonchev–Trinajstić information content (AvgIpc) is 2.41. The van der Waals surface area contributed by atoms with E-state index in [0.717, 1.165) is 0 Å². The van der Waals surface area contributed by atoms with Crippen molar-refractivity contribution in [3.05, 3.63) is 43.6 Å². The summed E-state index contributed by atoms with van der Waals surface area (Å²) in [7, 11) is 0. The van der Waals surface area contributed by atoms with E-state index < -0.39 is 29.4 Å². The fourth-order valence-corrected chi connectivity index (χ4v) is 3.69. The van der Waals surface area contributed by atoms with Crippen LogP contribution in [-0.2, 0) is 17.1 Å². The Labute approximate surface area is 193 Å². The third-order valence-electron chi connectivity index (χ3n) is 3.24. The summed E-state index contributed by atoms with van der Waals surface area (Å²) in [5.74, 6) is -0.235. The number of nitrogens with one attached hydrogen (secondary N) is 1. The van der Waals surface area contributed by atoms with Crippen LogP contribution in [0.3, 0.4) is 0 Å². The van der Waals surface area contributed by atoms with Gasteiger partial charge in [-0.15, -0.1) is 0 Å². The summed E-state index contributed by atoms with van der Waals surface area (Å²) < 4.78 is 74.0. The predicted octanol–water partition coefficient (Wildman–Crippen LogP) is 7.16. The van der Waals surface area contributed by atoms with Crippen LogP contribution < -0.4 is 11.1 Å². The number of nitrogens with zero attached hydrogens (tertiary/aromatic N) is 2.